The van der Waals surface area contributed by atoms with Gasteiger partial charge in [0.2, 0.25) is 5.84 Å². The molecular weight excluding hydrogens is 124 g/mol. The van der Waals surface area contributed by atoms with Crippen LogP contribution in [0, 0.1) is 0 Å². The predicted octanol–water partition coefficient (Wildman–Crippen LogP) is -0.688. The van der Waals surface area contributed by atoms with Crippen LogP contribution >= 0.6 is 0 Å². The van der Waals surface area contributed by atoms with Gasteiger partial charge in [-0.15, -0.1) is 0 Å². The smallest absolute Gasteiger partial charge is 0.250 e. The molecule has 1 aliphatic heterocycles. The Balaban J connectivity index is 2.54. The van der Waals surface area contributed by atoms with E-state index >= 15 is 0 Å². The Kier molecular flexibility index (Phi) is 1.01. The zero-order chi connectivity index (χ0) is 6.97. The van der Waals surface area contributed by atoms with Crippen molar-refractivity contribution in [2.24, 2.45) is 5.73 Å². The van der Waals surface area contributed by atoms with Crippen LogP contribution in [0.15, 0.2) is 24.3 Å². The molecule has 0 atom stereocenters. The van der Waals surface area contributed by atoms with E-state index in [4.69, 9.17) is 5.73 Å². The topological polar surface area (TPSA) is 40.0 Å². The summed E-state index contributed by atoms with van der Waals surface area (Å²) in [4.78, 5) is 3.09. The highest BCUT2D eigenvalue weighted by Crippen LogP contribution is 2.11. The summed E-state index contributed by atoms with van der Waals surface area (Å²) in [5.74, 6) is 0.848. The van der Waals surface area contributed by atoms with Crippen LogP contribution in [0.5, 0.6) is 0 Å². The Labute approximate surface area is 59.4 Å². The fourth-order valence-electron chi connectivity index (χ4n) is 1.22. The van der Waals surface area contributed by atoms with Crippen molar-refractivity contribution < 1.29 is 4.99 Å². The molecule has 1 aliphatic rings. The number of amidine groups is 1. The zero-order valence-electron chi connectivity index (χ0n) is 5.59. The molecule has 2 heteroatoms. The summed E-state index contributed by atoms with van der Waals surface area (Å²) in [6.45, 7) is 0. The molecule has 3 N–H and O–H groups in total. The summed E-state index contributed by atoms with van der Waals surface area (Å²) in [5.41, 5.74) is 8.04. The summed E-state index contributed by atoms with van der Waals surface area (Å²) in [5, 5.41) is 0. The number of fused-ring (bicyclic) bond motifs is 1. The quantitative estimate of drug-likeness (QED) is 0.483. The van der Waals surface area contributed by atoms with E-state index in [1.807, 2.05) is 18.2 Å². The summed E-state index contributed by atoms with van der Waals surface area (Å²) in [7, 11) is 0. The number of rotatable bonds is 0. The number of nitrogens with one attached hydrogen (secondary N) is 1. The summed E-state index contributed by atoms with van der Waals surface area (Å²) < 4.78 is 0. The highest BCUT2D eigenvalue weighted by Gasteiger charge is 2.14. The van der Waals surface area contributed by atoms with Crippen LogP contribution in [0.3, 0.4) is 0 Å². The van der Waals surface area contributed by atoms with Crippen molar-refractivity contribution in [2.45, 2.75) is 6.42 Å². The molecule has 0 amide bonds. The van der Waals surface area contributed by atoms with Gasteiger partial charge in [-0.3, -0.25) is 5.73 Å². The van der Waals surface area contributed by atoms with Gasteiger partial charge in [0.15, 0.2) is 0 Å². The van der Waals surface area contributed by atoms with Crippen LogP contribution in [-0.4, -0.2) is 5.84 Å². The average molecular weight is 133 g/mol. The first-order valence-electron chi connectivity index (χ1n) is 3.32. The lowest BCUT2D eigenvalue weighted by atomic mass is 10.1. The zero-order valence-corrected chi connectivity index (χ0v) is 5.59. The van der Waals surface area contributed by atoms with Crippen molar-refractivity contribution in [1.29, 1.82) is 0 Å². The normalized spacial score (nSPS) is 14.6. The van der Waals surface area contributed by atoms with Crippen molar-refractivity contribution in [3.05, 3.63) is 29.8 Å². The maximum absolute atomic E-state index is 5.59. The molecule has 0 aromatic heterocycles. The van der Waals surface area contributed by atoms with Crippen LogP contribution in [0.4, 0.5) is 5.69 Å². The second-order valence-corrected chi connectivity index (χ2v) is 2.48. The first-order valence-corrected chi connectivity index (χ1v) is 3.32. The van der Waals surface area contributed by atoms with Crippen LogP contribution in [0.25, 0.3) is 0 Å². The van der Waals surface area contributed by atoms with Crippen LogP contribution < -0.4 is 10.7 Å². The van der Waals surface area contributed by atoms with Crippen molar-refractivity contribution in [3.63, 3.8) is 0 Å². The Bertz CT molecular complexity index is 289. The molecular formula is C8H9N2+. The second kappa shape index (κ2) is 1.84. The van der Waals surface area contributed by atoms with E-state index in [1.165, 1.54) is 5.56 Å². The second-order valence-electron chi connectivity index (χ2n) is 2.48. The SMILES string of the molecule is NC1=[NH+]c2ccccc2C1. The molecule has 0 aliphatic carbocycles. The standard InChI is InChI=1S/C8H8N2/c9-8-5-6-3-1-2-4-7(6)10-8/h1-4H,5H2,(H2,9,10)/p+1. The van der Waals surface area contributed by atoms with Crippen LogP contribution in [0.1, 0.15) is 5.56 Å². The van der Waals surface area contributed by atoms with E-state index in [2.05, 4.69) is 11.1 Å². The van der Waals surface area contributed by atoms with Crippen molar-refractivity contribution in [2.75, 3.05) is 0 Å². The molecule has 0 unspecified atom stereocenters. The first kappa shape index (κ1) is 5.47. The van der Waals surface area contributed by atoms with Gasteiger partial charge in [0.1, 0.15) is 5.69 Å². The van der Waals surface area contributed by atoms with Gasteiger partial charge < -0.3 is 0 Å². The van der Waals surface area contributed by atoms with Crippen LogP contribution in [0.2, 0.25) is 0 Å². The van der Waals surface area contributed by atoms with E-state index in [-0.39, 0.29) is 0 Å². The molecule has 1 aromatic rings. The number of para-hydroxylation sites is 1. The molecule has 0 spiro atoms. The highest BCUT2D eigenvalue weighted by atomic mass is 14.9. The largest absolute Gasteiger partial charge is 0.291 e. The van der Waals surface area contributed by atoms with Gasteiger partial charge in [-0.2, -0.15) is 0 Å². The molecule has 0 bridgehead atoms. The Hall–Kier alpha value is -1.31. The molecule has 50 valence electrons. The summed E-state index contributed by atoms with van der Waals surface area (Å²) in [6.07, 6.45) is 0.871. The van der Waals surface area contributed by atoms with Crippen molar-refractivity contribution >= 4 is 11.5 Å². The summed E-state index contributed by atoms with van der Waals surface area (Å²) in [6, 6.07) is 8.15. The lowest BCUT2D eigenvalue weighted by Gasteiger charge is -1.88. The van der Waals surface area contributed by atoms with Gasteiger partial charge >= 0.3 is 0 Å². The Morgan fingerprint density at radius 1 is 1.30 bits per heavy atom. The van der Waals surface area contributed by atoms with E-state index in [9.17, 15) is 0 Å². The van der Waals surface area contributed by atoms with Crippen LogP contribution in [-0.2, 0) is 6.42 Å². The van der Waals surface area contributed by atoms with Gasteiger partial charge in [0.25, 0.3) is 0 Å². The lowest BCUT2D eigenvalue weighted by molar-refractivity contribution is -0.351. The van der Waals surface area contributed by atoms with Crippen molar-refractivity contribution in [3.8, 4) is 0 Å². The van der Waals surface area contributed by atoms with Crippen molar-refractivity contribution in [1.82, 2.24) is 0 Å². The number of benzene rings is 1. The number of nitrogens with two attached hydrogens (primary N) is 1. The molecule has 10 heavy (non-hydrogen) atoms. The van der Waals surface area contributed by atoms with Gasteiger partial charge in [-0.25, -0.2) is 4.99 Å². The lowest BCUT2D eigenvalue weighted by Crippen LogP contribution is -2.66. The fraction of sp³-hybridized carbons (Fsp3) is 0.125. The van der Waals surface area contributed by atoms with Gasteiger partial charge in [0.05, 0.1) is 6.42 Å². The fourth-order valence-corrected chi connectivity index (χ4v) is 1.22. The first-order chi connectivity index (χ1) is 4.86. The Morgan fingerprint density at radius 2 is 2.10 bits per heavy atom. The minimum Gasteiger partial charge on any atom is -0.291 e. The van der Waals surface area contributed by atoms with Gasteiger partial charge in [0, 0.05) is 5.56 Å². The number of hydrogen-bond donors (Lipinski definition) is 2. The molecule has 0 radical (unpaired) electrons. The van der Waals surface area contributed by atoms with E-state index in [0.717, 1.165) is 17.9 Å². The van der Waals surface area contributed by atoms with E-state index in [0.29, 0.717) is 0 Å². The van der Waals surface area contributed by atoms with Gasteiger partial charge in [-0.1, -0.05) is 18.2 Å². The minimum absolute atomic E-state index is 0.848. The molecule has 2 nitrogen and oxygen atoms in total. The summed E-state index contributed by atoms with van der Waals surface area (Å²) >= 11 is 0. The molecule has 2 rings (SSSR count). The third-order valence-electron chi connectivity index (χ3n) is 1.69. The third-order valence-corrected chi connectivity index (χ3v) is 1.69. The van der Waals surface area contributed by atoms with E-state index in [1.54, 1.807) is 0 Å². The maximum Gasteiger partial charge on any atom is 0.250 e. The molecule has 1 aromatic carbocycles. The predicted molar refractivity (Wildman–Crippen MR) is 40.0 cm³/mol. The minimum atomic E-state index is 0.848. The number of hydrogen-bond acceptors (Lipinski definition) is 1. The molecule has 0 saturated heterocycles. The molecule has 0 saturated carbocycles. The third kappa shape index (κ3) is 0.692. The maximum atomic E-state index is 5.59. The monoisotopic (exact) mass is 133 g/mol. The average Bonchev–Trinajstić information content (AvgIpc) is 2.27. The molecule has 0 fully saturated rings. The van der Waals surface area contributed by atoms with E-state index < -0.39 is 0 Å². The Morgan fingerprint density at radius 3 is 2.90 bits per heavy atom. The molecule has 1 heterocycles. The van der Waals surface area contributed by atoms with Gasteiger partial charge in [-0.05, 0) is 6.07 Å². The highest BCUT2D eigenvalue weighted by molar-refractivity contribution is 5.82.